The minimum Gasteiger partial charge on any atom is -0.375 e. The largest absolute Gasteiger partial charge is 0.375 e. The van der Waals surface area contributed by atoms with Crippen LogP contribution in [0.1, 0.15) is 20.8 Å². The molecule has 4 nitrogen and oxygen atoms in total. The highest BCUT2D eigenvalue weighted by atomic mass is 79.9. The van der Waals surface area contributed by atoms with Crippen LogP contribution in [-0.2, 0) is 14.8 Å². The molecule has 1 rings (SSSR count). The van der Waals surface area contributed by atoms with Crippen molar-refractivity contribution in [1.29, 1.82) is 0 Å². The van der Waals surface area contributed by atoms with E-state index in [4.69, 9.17) is 4.74 Å². The second kappa shape index (κ2) is 6.30. The number of nitrogens with one attached hydrogen (secondary N) is 1. The summed E-state index contributed by atoms with van der Waals surface area (Å²) in [4.78, 5) is -0.111. The van der Waals surface area contributed by atoms with Crippen LogP contribution >= 0.6 is 15.9 Å². The van der Waals surface area contributed by atoms with Crippen LogP contribution in [0.15, 0.2) is 27.6 Å². The Morgan fingerprint density at radius 3 is 2.58 bits per heavy atom. The van der Waals surface area contributed by atoms with Gasteiger partial charge in [-0.3, -0.25) is 0 Å². The zero-order valence-corrected chi connectivity index (χ0v) is 13.4. The topological polar surface area (TPSA) is 55.4 Å². The SMILES string of the molecule is CCOC(C)(C)CNS(=O)(=O)c1ccc(Br)c(F)c1. The number of ether oxygens (including phenoxy) is 1. The quantitative estimate of drug-likeness (QED) is 0.855. The molecule has 1 aromatic rings. The van der Waals surface area contributed by atoms with Gasteiger partial charge in [0.25, 0.3) is 0 Å². The maximum atomic E-state index is 13.3. The first kappa shape index (κ1) is 16.6. The van der Waals surface area contributed by atoms with Crippen molar-refractivity contribution >= 4 is 26.0 Å². The molecule has 0 aromatic heterocycles. The van der Waals surface area contributed by atoms with Gasteiger partial charge in [0.2, 0.25) is 10.0 Å². The van der Waals surface area contributed by atoms with E-state index >= 15 is 0 Å². The molecule has 0 saturated carbocycles. The number of benzene rings is 1. The Kier molecular flexibility index (Phi) is 5.49. The molecule has 0 heterocycles. The standard InChI is InChI=1S/C12H17BrFNO3S/c1-4-18-12(2,3)8-15-19(16,17)9-5-6-10(13)11(14)7-9/h5-7,15H,4,8H2,1-3H3. The monoisotopic (exact) mass is 353 g/mol. The molecular weight excluding hydrogens is 337 g/mol. The van der Waals surface area contributed by atoms with E-state index in [1.165, 1.54) is 12.1 Å². The lowest BCUT2D eigenvalue weighted by molar-refractivity contribution is -0.00515. The zero-order valence-electron chi connectivity index (χ0n) is 11.0. The fourth-order valence-corrected chi connectivity index (χ4v) is 2.89. The molecule has 0 unspecified atom stereocenters. The molecule has 0 atom stereocenters. The molecule has 0 bridgehead atoms. The Morgan fingerprint density at radius 2 is 2.05 bits per heavy atom. The van der Waals surface area contributed by atoms with Crippen molar-refractivity contribution in [1.82, 2.24) is 4.72 Å². The summed E-state index contributed by atoms with van der Waals surface area (Å²) in [6.07, 6.45) is 0. The molecule has 0 aliphatic heterocycles. The number of rotatable bonds is 6. The van der Waals surface area contributed by atoms with Crippen LogP contribution < -0.4 is 4.72 Å². The predicted octanol–water partition coefficient (Wildman–Crippen LogP) is 2.68. The fraction of sp³-hybridized carbons (Fsp3) is 0.500. The van der Waals surface area contributed by atoms with Crippen molar-refractivity contribution < 1.29 is 17.5 Å². The van der Waals surface area contributed by atoms with Gasteiger partial charge < -0.3 is 4.74 Å². The number of sulfonamides is 1. The average molecular weight is 354 g/mol. The van der Waals surface area contributed by atoms with Gasteiger partial charge in [0.15, 0.2) is 0 Å². The lowest BCUT2D eigenvalue weighted by Gasteiger charge is -2.24. The average Bonchev–Trinajstić information content (AvgIpc) is 2.30. The smallest absolute Gasteiger partial charge is 0.240 e. The molecule has 0 aliphatic carbocycles. The molecule has 108 valence electrons. The lowest BCUT2D eigenvalue weighted by Crippen LogP contribution is -2.40. The Balaban J connectivity index is 2.84. The van der Waals surface area contributed by atoms with E-state index in [0.29, 0.717) is 6.61 Å². The van der Waals surface area contributed by atoms with E-state index in [1.807, 2.05) is 6.92 Å². The first-order valence-corrected chi connectivity index (χ1v) is 8.04. The number of hydrogen-bond donors (Lipinski definition) is 1. The van der Waals surface area contributed by atoms with Crippen LogP contribution in [-0.4, -0.2) is 27.2 Å². The van der Waals surface area contributed by atoms with E-state index in [-0.39, 0.29) is 15.9 Å². The summed E-state index contributed by atoms with van der Waals surface area (Å²) < 4.78 is 45.4. The summed E-state index contributed by atoms with van der Waals surface area (Å²) in [5.74, 6) is -0.619. The van der Waals surface area contributed by atoms with Gasteiger partial charge in [0, 0.05) is 13.2 Å². The molecular formula is C12H17BrFNO3S. The molecule has 1 N–H and O–H groups in total. The Hall–Kier alpha value is -0.500. The Morgan fingerprint density at radius 1 is 1.42 bits per heavy atom. The summed E-state index contributed by atoms with van der Waals surface area (Å²) in [6, 6.07) is 3.67. The number of hydrogen-bond acceptors (Lipinski definition) is 3. The highest BCUT2D eigenvalue weighted by Crippen LogP contribution is 2.19. The van der Waals surface area contributed by atoms with E-state index in [2.05, 4.69) is 20.7 Å². The van der Waals surface area contributed by atoms with Gasteiger partial charge in [-0.1, -0.05) is 0 Å². The van der Waals surface area contributed by atoms with Gasteiger partial charge in [-0.05, 0) is 54.9 Å². The minimum absolute atomic E-state index is 0.111. The summed E-state index contributed by atoms with van der Waals surface area (Å²) in [5, 5.41) is 0. The second-order valence-electron chi connectivity index (χ2n) is 4.59. The predicted molar refractivity (Wildman–Crippen MR) is 75.0 cm³/mol. The summed E-state index contributed by atoms with van der Waals surface area (Å²) >= 11 is 2.98. The molecule has 1 aromatic carbocycles. The van der Waals surface area contributed by atoms with E-state index < -0.39 is 21.4 Å². The van der Waals surface area contributed by atoms with Crippen molar-refractivity contribution in [3.8, 4) is 0 Å². The molecule has 19 heavy (non-hydrogen) atoms. The second-order valence-corrected chi connectivity index (χ2v) is 7.21. The van der Waals surface area contributed by atoms with Crippen LogP contribution in [0, 0.1) is 5.82 Å². The maximum Gasteiger partial charge on any atom is 0.240 e. The Labute approximate surface area is 121 Å². The zero-order chi connectivity index (χ0) is 14.7. The fourth-order valence-electron chi connectivity index (χ4n) is 1.44. The highest BCUT2D eigenvalue weighted by molar-refractivity contribution is 9.10. The first-order valence-electron chi connectivity index (χ1n) is 5.76. The van der Waals surface area contributed by atoms with Crippen molar-refractivity contribution in [3.63, 3.8) is 0 Å². The molecule has 0 saturated heterocycles. The van der Waals surface area contributed by atoms with Gasteiger partial charge in [0.05, 0.1) is 15.0 Å². The molecule has 0 radical (unpaired) electrons. The number of halogens is 2. The summed E-state index contributed by atoms with van der Waals surface area (Å²) in [6.45, 7) is 5.99. The molecule has 0 aliphatic rings. The van der Waals surface area contributed by atoms with Crippen LogP contribution in [0.3, 0.4) is 0 Å². The molecule has 0 spiro atoms. The van der Waals surface area contributed by atoms with Crippen LogP contribution in [0.4, 0.5) is 4.39 Å². The van der Waals surface area contributed by atoms with Crippen LogP contribution in [0.5, 0.6) is 0 Å². The normalized spacial score (nSPS) is 12.7. The lowest BCUT2D eigenvalue weighted by atomic mass is 10.1. The maximum absolute atomic E-state index is 13.3. The van der Waals surface area contributed by atoms with E-state index in [9.17, 15) is 12.8 Å². The molecule has 0 fully saturated rings. The van der Waals surface area contributed by atoms with Gasteiger partial charge in [-0.15, -0.1) is 0 Å². The van der Waals surface area contributed by atoms with Crippen LogP contribution in [0.2, 0.25) is 0 Å². The molecule has 7 heteroatoms. The third-order valence-corrected chi connectivity index (χ3v) is 4.47. The highest BCUT2D eigenvalue weighted by Gasteiger charge is 2.23. The first-order chi connectivity index (χ1) is 8.68. The minimum atomic E-state index is -3.74. The third-order valence-electron chi connectivity index (χ3n) is 2.42. The van der Waals surface area contributed by atoms with Crippen LogP contribution in [0.25, 0.3) is 0 Å². The van der Waals surface area contributed by atoms with Gasteiger partial charge in [-0.25, -0.2) is 17.5 Å². The Bertz CT molecular complexity index is 546. The van der Waals surface area contributed by atoms with Crippen molar-refractivity contribution in [2.24, 2.45) is 0 Å². The van der Waals surface area contributed by atoms with Gasteiger partial charge in [0.1, 0.15) is 5.82 Å². The van der Waals surface area contributed by atoms with Crippen molar-refractivity contribution in [2.75, 3.05) is 13.2 Å². The van der Waals surface area contributed by atoms with Crippen molar-refractivity contribution in [2.45, 2.75) is 31.3 Å². The van der Waals surface area contributed by atoms with E-state index in [0.717, 1.165) is 6.07 Å². The van der Waals surface area contributed by atoms with Crippen molar-refractivity contribution in [3.05, 3.63) is 28.5 Å². The molecule has 0 amide bonds. The van der Waals surface area contributed by atoms with E-state index in [1.54, 1.807) is 13.8 Å². The summed E-state index contributed by atoms with van der Waals surface area (Å²) in [5.41, 5.74) is -0.615. The van der Waals surface area contributed by atoms with Gasteiger partial charge in [-0.2, -0.15) is 0 Å². The third kappa shape index (κ3) is 4.83. The summed E-state index contributed by atoms with van der Waals surface area (Å²) in [7, 11) is -3.74. The van der Waals surface area contributed by atoms with Gasteiger partial charge >= 0.3 is 0 Å².